The summed E-state index contributed by atoms with van der Waals surface area (Å²) in [5.74, 6) is 0. The Balaban J connectivity index is -0.0000000171. The van der Waals surface area contributed by atoms with Crippen molar-refractivity contribution in [2.75, 3.05) is 0 Å². The minimum Gasteiger partial charge on any atom is -0.870 e. The minimum absolute atomic E-state index is 0. The van der Waals surface area contributed by atoms with Crippen LogP contribution < -0.4 is 29.6 Å². The van der Waals surface area contributed by atoms with Gasteiger partial charge in [-0.15, -0.1) is 0 Å². The van der Waals surface area contributed by atoms with Gasteiger partial charge in [0, 0.05) is 0 Å². The van der Waals surface area contributed by atoms with Gasteiger partial charge < -0.3 is 36.1 Å². The molecule has 0 aromatic carbocycles. The molecule has 0 amide bonds. The Morgan fingerprint density at radius 2 is 0.818 bits per heavy atom. The van der Waals surface area contributed by atoms with E-state index in [1.807, 2.05) is 0 Å². The maximum Gasteiger partial charge on any atom is 2.00 e. The van der Waals surface area contributed by atoms with Crippen LogP contribution in [0.25, 0.3) is 0 Å². The molecule has 0 heterocycles. The molecule has 0 saturated heterocycles. The summed E-state index contributed by atoms with van der Waals surface area (Å²) in [6.07, 6.45) is 0. The molecule has 0 bridgehead atoms. The van der Waals surface area contributed by atoms with Crippen molar-refractivity contribution in [3.8, 4) is 0 Å². The van der Waals surface area contributed by atoms with Crippen LogP contribution in [0.4, 0.5) is 0 Å². The Kier molecular flexibility index (Phi) is 62.9. The Hall–Kier alpha value is -0.121. The van der Waals surface area contributed by atoms with Gasteiger partial charge in [0.1, 0.15) is 0 Å². The molecule has 0 atom stereocenters. The molecule has 11 heavy (non-hydrogen) atoms. The first-order valence-corrected chi connectivity index (χ1v) is 1.10. The first-order chi connectivity index (χ1) is 3.46. The summed E-state index contributed by atoms with van der Waals surface area (Å²) in [6, 6.07) is 0. The van der Waals surface area contributed by atoms with Crippen LogP contribution >= 0.6 is 0 Å². The topological polar surface area (TPSA) is 162 Å². The minimum atomic E-state index is -1.75. The summed E-state index contributed by atoms with van der Waals surface area (Å²) in [5, 5.41) is 29.5. The molecule has 0 rings (SSSR count). The fourth-order valence-electron chi connectivity index (χ4n) is 0. The van der Waals surface area contributed by atoms with Crippen LogP contribution in [0.3, 0.4) is 0 Å². The van der Waals surface area contributed by atoms with Gasteiger partial charge in [-0.3, -0.25) is 0 Å². The van der Waals surface area contributed by atoms with E-state index in [9.17, 15) is 0 Å². The Morgan fingerprint density at radius 1 is 0.818 bits per heavy atom. The molecule has 0 fully saturated rings. The second-order valence-electron chi connectivity index (χ2n) is 0.447. The van der Waals surface area contributed by atoms with Gasteiger partial charge in [0.2, 0.25) is 0 Å². The molecule has 65 valence electrons. The normalized spacial score (nSPS) is 4.36. The molecule has 0 aliphatic rings. The summed E-state index contributed by atoms with van der Waals surface area (Å²) >= 11 is 0. The predicted molar refractivity (Wildman–Crippen MR) is 22.7 cm³/mol. The van der Waals surface area contributed by atoms with Crippen molar-refractivity contribution in [2.45, 2.75) is 0 Å². The Morgan fingerprint density at radius 3 is 0.818 bits per heavy atom. The van der Waals surface area contributed by atoms with Crippen LogP contribution in [0.1, 0.15) is 0 Å². The van der Waals surface area contributed by atoms with Gasteiger partial charge in [-0.2, -0.15) is 0 Å². The Labute approximate surface area is 92.7 Å². The molecule has 0 unspecified atom stereocenters. The molecule has 11 heteroatoms. The molecule has 9 nitrogen and oxygen atoms in total. The zero-order valence-electron chi connectivity index (χ0n) is 5.09. The quantitative estimate of drug-likeness (QED) is 0.234. The van der Waals surface area contributed by atoms with Crippen LogP contribution in [0.2, 0.25) is 0 Å². The maximum atomic E-state index is 8.25. The average molecular weight is 228 g/mol. The van der Waals surface area contributed by atoms with E-state index >= 15 is 0 Å². The van der Waals surface area contributed by atoms with Gasteiger partial charge in [-0.25, -0.2) is 0 Å². The largest absolute Gasteiger partial charge is 2.00 e. The monoisotopic (exact) mass is 227 g/mol. The molecule has 0 aromatic rings. The van der Waals surface area contributed by atoms with Crippen molar-refractivity contribution in [1.82, 2.24) is 0 Å². The van der Waals surface area contributed by atoms with Crippen molar-refractivity contribution in [3.05, 3.63) is 30.6 Å². The predicted octanol–water partition coefficient (Wildman–Crippen LogP) is -3.65. The summed E-state index contributed by atoms with van der Waals surface area (Å²) < 4.78 is 0. The molecule has 1 N–H and O–H groups in total. The van der Waals surface area contributed by atoms with E-state index in [0.717, 1.165) is 0 Å². The fraction of sp³-hybridized carbons (Fsp3) is 0. The van der Waals surface area contributed by atoms with E-state index in [1.54, 1.807) is 0 Å². The maximum absolute atomic E-state index is 8.25. The van der Waals surface area contributed by atoms with Crippen LogP contribution in [-0.2, 0) is 17.1 Å². The van der Waals surface area contributed by atoms with Crippen molar-refractivity contribution in [1.29, 1.82) is 0 Å². The number of rotatable bonds is 0. The van der Waals surface area contributed by atoms with Crippen LogP contribution in [0.5, 0.6) is 0 Å². The second-order valence-corrected chi connectivity index (χ2v) is 0.447. The molecular weight excluding hydrogens is 227 g/mol. The van der Waals surface area contributed by atoms with Crippen molar-refractivity contribution >= 4 is 0 Å². The summed E-state index contributed by atoms with van der Waals surface area (Å²) in [7, 11) is 0. The van der Waals surface area contributed by atoms with E-state index in [1.165, 1.54) is 0 Å². The van der Waals surface area contributed by atoms with Gasteiger partial charge in [0.15, 0.2) is 0 Å². The Bertz CT molecular complexity index is 74.4. The van der Waals surface area contributed by atoms with Crippen molar-refractivity contribution in [3.63, 3.8) is 0 Å². The van der Waals surface area contributed by atoms with Gasteiger partial charge in [0.25, 0.3) is 0 Å². The molecule has 0 aromatic heterocycles. The number of nitrogens with zero attached hydrogens (tertiary/aromatic N) is 2. The zero-order chi connectivity index (χ0) is 7.15. The molecule has 1 radical (unpaired) electrons. The summed E-state index contributed by atoms with van der Waals surface area (Å²) in [5.41, 5.74) is 0. The molecule has 0 aliphatic heterocycles. The summed E-state index contributed by atoms with van der Waals surface area (Å²) in [4.78, 5) is 16.5. The number of hydrogen-bond donors (Lipinski definition) is 0. The molecular formula is HCuN2NaO7. The zero-order valence-corrected chi connectivity index (χ0v) is 8.03. The van der Waals surface area contributed by atoms with E-state index in [-0.39, 0.29) is 52.1 Å². The van der Waals surface area contributed by atoms with Gasteiger partial charge in [-0.05, 0) is 0 Å². The van der Waals surface area contributed by atoms with E-state index in [0.29, 0.717) is 0 Å². The standard InChI is InChI=1S/Cu.2NO3.Na.H2O/c;2*2-1(3)4;;/h;;;;1H2/q+2;2*-1;+1;/p-1. The van der Waals surface area contributed by atoms with E-state index in [2.05, 4.69) is 0 Å². The van der Waals surface area contributed by atoms with Gasteiger partial charge in [0.05, 0.1) is 10.2 Å². The van der Waals surface area contributed by atoms with Crippen LogP contribution in [0, 0.1) is 30.6 Å². The average Bonchev–Trinajstić information content (AvgIpc) is 1.25. The van der Waals surface area contributed by atoms with Gasteiger partial charge >= 0.3 is 46.6 Å². The SMILES string of the molecule is O=[N+]([O-])[O-].O=[N+]([O-])[O-].[Cu+2].[Na+].[OH-]. The molecule has 0 saturated carbocycles. The summed E-state index contributed by atoms with van der Waals surface area (Å²) in [6.45, 7) is 0. The first kappa shape index (κ1) is 30.7. The van der Waals surface area contributed by atoms with Crippen molar-refractivity contribution in [2.24, 2.45) is 0 Å². The molecule has 0 spiro atoms. The van der Waals surface area contributed by atoms with Crippen LogP contribution in [0.15, 0.2) is 0 Å². The second kappa shape index (κ2) is 22.5. The smallest absolute Gasteiger partial charge is 0.870 e. The van der Waals surface area contributed by atoms with E-state index < -0.39 is 10.2 Å². The third kappa shape index (κ3) is 42200. The van der Waals surface area contributed by atoms with Crippen molar-refractivity contribution < 1.29 is 62.3 Å². The fourth-order valence-corrected chi connectivity index (χ4v) is 0. The number of hydrogen-bond acceptors (Lipinski definition) is 7. The third-order valence-corrected chi connectivity index (χ3v) is 0. The molecule has 0 aliphatic carbocycles. The van der Waals surface area contributed by atoms with Crippen LogP contribution in [-0.4, -0.2) is 15.6 Å². The van der Waals surface area contributed by atoms with Gasteiger partial charge in [-0.1, -0.05) is 0 Å². The van der Waals surface area contributed by atoms with E-state index in [4.69, 9.17) is 30.6 Å². The first-order valence-electron chi connectivity index (χ1n) is 1.10. The third-order valence-electron chi connectivity index (χ3n) is 0.